The molecule has 1 fully saturated rings. The van der Waals surface area contributed by atoms with Gasteiger partial charge >= 0.3 is 12.7 Å². The molecule has 5 rings (SSSR count). The summed E-state index contributed by atoms with van der Waals surface area (Å²) < 4.78 is 112. The third kappa shape index (κ3) is 4.49. The molecule has 1 saturated carbocycles. The van der Waals surface area contributed by atoms with Crippen molar-refractivity contribution in [1.29, 1.82) is 0 Å². The predicted molar refractivity (Wildman–Crippen MR) is 109 cm³/mol. The molecule has 186 valence electrons. The van der Waals surface area contributed by atoms with Gasteiger partial charge in [-0.2, -0.15) is 5.10 Å². The monoisotopic (exact) mass is 519 g/mol. The number of aromatic amines is 1. The molecule has 0 saturated heterocycles. The second kappa shape index (κ2) is 7.80. The summed E-state index contributed by atoms with van der Waals surface area (Å²) in [6.07, 6.45) is -7.09. The molecular weight excluding hydrogens is 504 g/mol. The fourth-order valence-electron chi connectivity index (χ4n) is 4.17. The summed E-state index contributed by atoms with van der Waals surface area (Å²) in [5.41, 5.74) is 1.12. The van der Waals surface area contributed by atoms with Crippen LogP contribution >= 0.6 is 0 Å². The molecule has 1 aliphatic carbocycles. The van der Waals surface area contributed by atoms with Gasteiger partial charge in [0.15, 0.2) is 0 Å². The number of fused-ring (bicyclic) bond motifs is 3. The van der Waals surface area contributed by atoms with E-state index in [1.165, 1.54) is 12.3 Å². The molecule has 7 nitrogen and oxygen atoms in total. The van der Waals surface area contributed by atoms with E-state index < -0.39 is 40.3 Å². The highest BCUT2D eigenvalue weighted by Gasteiger charge is 2.47. The minimum atomic E-state index is -5.01. The van der Waals surface area contributed by atoms with Crippen molar-refractivity contribution < 1.29 is 44.2 Å². The van der Waals surface area contributed by atoms with Crippen molar-refractivity contribution in [3.63, 3.8) is 0 Å². The van der Waals surface area contributed by atoms with Gasteiger partial charge in [0, 0.05) is 23.4 Å². The van der Waals surface area contributed by atoms with Crippen LogP contribution in [-0.2, 0) is 10.0 Å². The van der Waals surface area contributed by atoms with E-state index in [0.717, 1.165) is 40.7 Å². The van der Waals surface area contributed by atoms with Crippen LogP contribution in [0, 0.1) is 5.92 Å². The van der Waals surface area contributed by atoms with Crippen LogP contribution in [0.25, 0.3) is 11.3 Å². The topological polar surface area (TPSA) is 84.5 Å². The van der Waals surface area contributed by atoms with Gasteiger partial charge in [0.05, 0.1) is 22.3 Å². The summed E-state index contributed by atoms with van der Waals surface area (Å²) in [7, 11) is -4.45. The van der Waals surface area contributed by atoms with Gasteiger partial charge in [-0.3, -0.25) is 9.40 Å². The van der Waals surface area contributed by atoms with Crippen LogP contribution in [0.5, 0.6) is 11.5 Å². The first-order valence-electron chi connectivity index (χ1n) is 10.2. The third-order valence-corrected chi connectivity index (χ3v) is 7.43. The highest BCUT2D eigenvalue weighted by atomic mass is 32.2. The molecule has 2 heterocycles. The highest BCUT2D eigenvalue weighted by Crippen LogP contribution is 2.55. The minimum Gasteiger partial charge on any atom is -0.406 e. The molecule has 35 heavy (non-hydrogen) atoms. The van der Waals surface area contributed by atoms with E-state index in [-0.39, 0.29) is 22.1 Å². The lowest BCUT2D eigenvalue weighted by atomic mass is 9.93. The van der Waals surface area contributed by atoms with Crippen molar-refractivity contribution in [2.24, 2.45) is 5.92 Å². The van der Waals surface area contributed by atoms with Crippen molar-refractivity contribution >= 4 is 15.7 Å². The molecule has 1 N–H and O–H groups in total. The zero-order valence-corrected chi connectivity index (χ0v) is 18.2. The Morgan fingerprint density at radius 2 is 1.51 bits per heavy atom. The lowest BCUT2D eigenvalue weighted by Gasteiger charge is -2.37. The molecule has 0 amide bonds. The number of benzene rings is 2. The summed E-state index contributed by atoms with van der Waals surface area (Å²) in [4.78, 5) is -0.363. The Balaban J connectivity index is 1.63. The van der Waals surface area contributed by atoms with E-state index in [9.17, 15) is 34.8 Å². The zero-order chi connectivity index (χ0) is 25.2. The number of aromatic nitrogens is 2. The van der Waals surface area contributed by atoms with Crippen molar-refractivity contribution in [2.75, 3.05) is 4.31 Å². The van der Waals surface area contributed by atoms with Crippen LogP contribution < -0.4 is 13.8 Å². The van der Waals surface area contributed by atoms with Gasteiger partial charge in [-0.25, -0.2) is 8.42 Å². The number of nitrogens with one attached hydrogen (secondary N) is 1. The smallest absolute Gasteiger partial charge is 0.406 e. The van der Waals surface area contributed by atoms with Gasteiger partial charge in [-0.15, -0.1) is 26.3 Å². The predicted octanol–water partition coefficient (Wildman–Crippen LogP) is 5.53. The molecule has 3 aromatic rings. The molecule has 0 unspecified atom stereocenters. The number of ether oxygens (including phenoxy) is 2. The van der Waals surface area contributed by atoms with Gasteiger partial charge < -0.3 is 9.47 Å². The second-order valence-electron chi connectivity index (χ2n) is 8.02. The standard InChI is InChI=1S/C21H15F6N3O4S/c22-20(23,24)33-12-3-6-14(7-4-12)35(31,32)30-17-9-13(34-21(25,26)27)5-8-15(17)18-16(10-28-29-18)19(30)11-1-2-11/h3-11,19H,1-2H2,(H,28,29)/t19-/m1/s1. The first kappa shape index (κ1) is 23.3. The summed E-state index contributed by atoms with van der Waals surface area (Å²) in [6.45, 7) is 0. The first-order valence-corrected chi connectivity index (χ1v) is 11.6. The summed E-state index contributed by atoms with van der Waals surface area (Å²) in [6, 6.07) is 6.11. The van der Waals surface area contributed by atoms with E-state index in [2.05, 4.69) is 19.7 Å². The Morgan fingerprint density at radius 1 is 0.914 bits per heavy atom. The minimum absolute atomic E-state index is 0.0844. The molecule has 0 radical (unpaired) electrons. The van der Waals surface area contributed by atoms with Gasteiger partial charge in [0.1, 0.15) is 11.5 Å². The number of rotatable bonds is 5. The van der Waals surface area contributed by atoms with Crippen molar-refractivity contribution in [3.8, 4) is 22.8 Å². The van der Waals surface area contributed by atoms with Crippen molar-refractivity contribution in [2.45, 2.75) is 36.5 Å². The number of anilines is 1. The largest absolute Gasteiger partial charge is 0.573 e. The quantitative estimate of drug-likeness (QED) is 0.448. The maximum Gasteiger partial charge on any atom is 0.573 e. The van der Waals surface area contributed by atoms with Gasteiger partial charge in [-0.05, 0) is 55.2 Å². The number of sulfonamides is 1. The van der Waals surface area contributed by atoms with E-state index >= 15 is 0 Å². The van der Waals surface area contributed by atoms with Crippen LogP contribution in [0.4, 0.5) is 32.0 Å². The molecule has 2 aromatic carbocycles. The van der Waals surface area contributed by atoms with E-state index in [1.807, 2.05) is 0 Å². The zero-order valence-electron chi connectivity index (χ0n) is 17.4. The van der Waals surface area contributed by atoms with Crippen LogP contribution in [0.2, 0.25) is 0 Å². The molecule has 1 aromatic heterocycles. The summed E-state index contributed by atoms with van der Waals surface area (Å²) in [5.74, 6) is -1.37. The molecule has 0 bridgehead atoms. The highest BCUT2D eigenvalue weighted by molar-refractivity contribution is 7.92. The maximum atomic E-state index is 13.8. The van der Waals surface area contributed by atoms with E-state index in [4.69, 9.17) is 0 Å². The maximum absolute atomic E-state index is 13.8. The number of nitrogens with zero attached hydrogens (tertiary/aromatic N) is 2. The third-order valence-electron chi connectivity index (χ3n) is 5.62. The Hall–Kier alpha value is -3.42. The molecule has 1 atom stereocenters. The van der Waals surface area contributed by atoms with E-state index in [0.29, 0.717) is 24.1 Å². The summed E-state index contributed by atoms with van der Waals surface area (Å²) >= 11 is 0. The Morgan fingerprint density at radius 3 is 2.11 bits per heavy atom. The van der Waals surface area contributed by atoms with Gasteiger partial charge in [-0.1, -0.05) is 0 Å². The lowest BCUT2D eigenvalue weighted by Crippen LogP contribution is -2.38. The van der Waals surface area contributed by atoms with Crippen molar-refractivity contribution in [3.05, 3.63) is 54.2 Å². The van der Waals surface area contributed by atoms with Crippen LogP contribution in [0.1, 0.15) is 24.4 Å². The van der Waals surface area contributed by atoms with Gasteiger partial charge in [0.25, 0.3) is 10.0 Å². The number of halogens is 6. The van der Waals surface area contributed by atoms with Crippen LogP contribution in [-0.4, -0.2) is 31.3 Å². The first-order chi connectivity index (χ1) is 16.3. The second-order valence-corrected chi connectivity index (χ2v) is 9.83. The van der Waals surface area contributed by atoms with Gasteiger partial charge in [0.2, 0.25) is 0 Å². The normalized spacial score (nSPS) is 18.1. The number of hydrogen-bond acceptors (Lipinski definition) is 5. The molecule has 2 aliphatic rings. The average molecular weight is 519 g/mol. The average Bonchev–Trinajstić information content (AvgIpc) is 3.46. The lowest BCUT2D eigenvalue weighted by molar-refractivity contribution is -0.275. The Bertz CT molecular complexity index is 1360. The molecular formula is C21H15F6N3O4S. The molecule has 0 spiro atoms. The van der Waals surface area contributed by atoms with E-state index in [1.54, 1.807) is 0 Å². The fourth-order valence-corrected chi connectivity index (χ4v) is 5.87. The number of hydrogen-bond donors (Lipinski definition) is 1. The van der Waals surface area contributed by atoms with Crippen LogP contribution in [0.15, 0.2) is 53.6 Å². The molecule has 1 aliphatic heterocycles. The summed E-state index contributed by atoms with van der Waals surface area (Å²) in [5, 5.41) is 6.85. The number of H-pyrrole nitrogens is 1. The molecule has 14 heteroatoms. The Labute approximate surface area is 194 Å². The van der Waals surface area contributed by atoms with Crippen LogP contribution in [0.3, 0.4) is 0 Å². The van der Waals surface area contributed by atoms with Crippen molar-refractivity contribution in [1.82, 2.24) is 10.2 Å². The fraction of sp³-hybridized carbons (Fsp3) is 0.286. The Kier molecular flexibility index (Phi) is 5.20. The SMILES string of the molecule is O=S(=O)(c1ccc(OC(F)(F)F)cc1)N1c2cc(OC(F)(F)F)ccc2-c2n[nH]cc2[C@H]1C1CC1. The number of alkyl halides is 6.